The van der Waals surface area contributed by atoms with Crippen LogP contribution in [-0.2, 0) is 4.79 Å². The minimum absolute atomic E-state index is 0.00839. The molecule has 0 heterocycles. The van der Waals surface area contributed by atoms with Crippen LogP contribution in [0.5, 0.6) is 11.5 Å². The molecule has 1 aliphatic carbocycles. The lowest BCUT2D eigenvalue weighted by atomic mass is 9.75. The summed E-state index contributed by atoms with van der Waals surface area (Å²) < 4.78 is 26.3. The molecule has 2 atom stereocenters. The molecular weight excluding hydrogens is 443 g/mol. The maximum atomic E-state index is 14.9. The third-order valence-corrected chi connectivity index (χ3v) is 6.31. The van der Waals surface area contributed by atoms with E-state index in [1.54, 1.807) is 19.2 Å². The fraction of sp³-hybridized carbons (Fsp3) is 0.367. The van der Waals surface area contributed by atoms with Gasteiger partial charge in [-0.15, -0.1) is 0 Å². The molecule has 0 spiro atoms. The van der Waals surface area contributed by atoms with E-state index in [1.165, 1.54) is 6.07 Å². The van der Waals surface area contributed by atoms with Gasteiger partial charge in [-0.2, -0.15) is 0 Å². The van der Waals surface area contributed by atoms with E-state index in [4.69, 9.17) is 9.47 Å². The summed E-state index contributed by atoms with van der Waals surface area (Å²) in [5.41, 5.74) is 4.09. The number of carboxylic acid groups (broad SMARTS) is 1. The number of halogens is 1. The molecular formula is C30H35FO4. The Kier molecular flexibility index (Phi) is 8.21. The van der Waals surface area contributed by atoms with Crippen LogP contribution in [-0.4, -0.2) is 24.8 Å². The third kappa shape index (κ3) is 6.62. The second-order valence-corrected chi connectivity index (χ2v) is 10.2. The molecule has 0 fully saturated rings. The summed E-state index contributed by atoms with van der Waals surface area (Å²) in [6, 6.07) is 12.3. The van der Waals surface area contributed by atoms with Crippen molar-refractivity contribution in [1.29, 1.82) is 0 Å². The van der Waals surface area contributed by atoms with Gasteiger partial charge in [0.1, 0.15) is 17.3 Å². The van der Waals surface area contributed by atoms with E-state index in [9.17, 15) is 14.3 Å². The summed E-state index contributed by atoms with van der Waals surface area (Å²) >= 11 is 0. The molecule has 186 valence electrons. The van der Waals surface area contributed by atoms with Crippen LogP contribution in [0.25, 0.3) is 5.57 Å². The SMILES string of the molecule is C=C(C)C(CC(=O)O)c1ccc(OCC2C=C(c3cc(OC)ccc3F)C(C(C)(C)C)=CC2)cc1. The number of hydrogen-bond donors (Lipinski definition) is 1. The Hall–Kier alpha value is -3.34. The zero-order valence-corrected chi connectivity index (χ0v) is 21.2. The third-order valence-electron chi connectivity index (χ3n) is 6.31. The smallest absolute Gasteiger partial charge is 0.304 e. The molecule has 2 unspecified atom stereocenters. The van der Waals surface area contributed by atoms with Crippen molar-refractivity contribution in [2.75, 3.05) is 13.7 Å². The second kappa shape index (κ2) is 10.9. The first-order valence-electron chi connectivity index (χ1n) is 11.9. The fourth-order valence-corrected chi connectivity index (χ4v) is 4.42. The first kappa shape index (κ1) is 26.3. The van der Waals surface area contributed by atoms with Gasteiger partial charge >= 0.3 is 5.97 Å². The topological polar surface area (TPSA) is 55.8 Å². The van der Waals surface area contributed by atoms with Crippen molar-refractivity contribution in [1.82, 2.24) is 0 Å². The maximum Gasteiger partial charge on any atom is 0.304 e. The summed E-state index contributed by atoms with van der Waals surface area (Å²) in [7, 11) is 1.58. The van der Waals surface area contributed by atoms with Crippen molar-refractivity contribution in [3.8, 4) is 11.5 Å². The number of ether oxygens (including phenoxy) is 2. The van der Waals surface area contributed by atoms with E-state index in [0.29, 0.717) is 23.7 Å². The molecule has 3 rings (SSSR count). The molecule has 2 aromatic rings. The molecule has 35 heavy (non-hydrogen) atoms. The van der Waals surface area contributed by atoms with Gasteiger partial charge in [0, 0.05) is 17.4 Å². The lowest BCUT2D eigenvalue weighted by Crippen LogP contribution is -2.19. The minimum Gasteiger partial charge on any atom is -0.497 e. The standard InChI is InChI=1S/C30H35FO4/c1-19(2)24(17-29(32)33)21-8-10-22(11-9-21)35-18-20-7-13-27(30(3,4)5)25(15-20)26-16-23(34-6)12-14-28(26)31/h8-16,20,24H,1,7,17-18H2,2-6H3,(H,32,33). The van der Waals surface area contributed by atoms with Gasteiger partial charge in [0.15, 0.2) is 0 Å². The van der Waals surface area contributed by atoms with Crippen molar-refractivity contribution in [3.05, 3.63) is 89.3 Å². The Morgan fingerprint density at radius 3 is 2.40 bits per heavy atom. The Bertz CT molecular complexity index is 1140. The number of carboxylic acids is 1. The van der Waals surface area contributed by atoms with Crippen molar-refractivity contribution < 1.29 is 23.8 Å². The fourth-order valence-electron chi connectivity index (χ4n) is 4.42. The number of aliphatic carboxylic acids is 1. The van der Waals surface area contributed by atoms with Gasteiger partial charge in [-0.1, -0.05) is 57.2 Å². The Balaban J connectivity index is 1.79. The molecule has 2 aromatic carbocycles. The van der Waals surface area contributed by atoms with E-state index >= 15 is 0 Å². The van der Waals surface area contributed by atoms with Gasteiger partial charge in [0.2, 0.25) is 0 Å². The number of rotatable bonds is 9. The van der Waals surface area contributed by atoms with Crippen LogP contribution in [0.3, 0.4) is 0 Å². The summed E-state index contributed by atoms with van der Waals surface area (Å²) in [6.45, 7) is 12.6. The van der Waals surface area contributed by atoms with Crippen LogP contribution in [0.1, 0.15) is 57.6 Å². The average Bonchev–Trinajstić information content (AvgIpc) is 2.81. The van der Waals surface area contributed by atoms with E-state index in [2.05, 4.69) is 39.5 Å². The van der Waals surface area contributed by atoms with E-state index < -0.39 is 5.97 Å². The number of hydrogen-bond acceptors (Lipinski definition) is 3. The van der Waals surface area contributed by atoms with E-state index in [0.717, 1.165) is 28.7 Å². The summed E-state index contributed by atoms with van der Waals surface area (Å²) in [5, 5.41) is 9.19. The van der Waals surface area contributed by atoms with Crippen LogP contribution in [0.4, 0.5) is 4.39 Å². The van der Waals surface area contributed by atoms with Crippen LogP contribution in [0.2, 0.25) is 0 Å². The Morgan fingerprint density at radius 1 is 1.17 bits per heavy atom. The largest absolute Gasteiger partial charge is 0.497 e. The first-order chi connectivity index (χ1) is 16.5. The number of carbonyl (C=O) groups is 1. The van der Waals surface area contributed by atoms with Crippen molar-refractivity contribution in [3.63, 3.8) is 0 Å². The highest BCUT2D eigenvalue weighted by Crippen LogP contribution is 2.42. The zero-order chi connectivity index (χ0) is 25.8. The lowest BCUT2D eigenvalue weighted by Gasteiger charge is -2.31. The molecule has 0 bridgehead atoms. The quantitative estimate of drug-likeness (QED) is 0.381. The van der Waals surface area contributed by atoms with E-state index in [-0.39, 0.29) is 29.5 Å². The molecule has 0 saturated carbocycles. The van der Waals surface area contributed by atoms with Crippen LogP contribution >= 0.6 is 0 Å². The Labute approximate surface area is 207 Å². The summed E-state index contributed by atoms with van der Waals surface area (Å²) in [6.07, 6.45) is 5.11. The van der Waals surface area contributed by atoms with Gasteiger partial charge in [-0.25, -0.2) is 4.39 Å². The van der Waals surface area contributed by atoms with Crippen LogP contribution in [0, 0.1) is 17.2 Å². The predicted molar refractivity (Wildman–Crippen MR) is 138 cm³/mol. The molecule has 0 aliphatic heterocycles. The summed E-state index contributed by atoms with van der Waals surface area (Å²) in [4.78, 5) is 11.2. The zero-order valence-electron chi connectivity index (χ0n) is 21.2. The lowest BCUT2D eigenvalue weighted by molar-refractivity contribution is -0.137. The highest BCUT2D eigenvalue weighted by molar-refractivity contribution is 5.82. The monoisotopic (exact) mass is 478 g/mol. The predicted octanol–water partition coefficient (Wildman–Crippen LogP) is 7.42. The first-order valence-corrected chi connectivity index (χ1v) is 11.9. The van der Waals surface area contributed by atoms with Gasteiger partial charge < -0.3 is 14.6 Å². The molecule has 4 nitrogen and oxygen atoms in total. The Morgan fingerprint density at radius 2 is 1.83 bits per heavy atom. The van der Waals surface area contributed by atoms with Gasteiger partial charge in [-0.3, -0.25) is 4.79 Å². The van der Waals surface area contributed by atoms with Gasteiger partial charge in [0.05, 0.1) is 20.1 Å². The number of benzene rings is 2. The molecule has 5 heteroatoms. The molecule has 0 saturated heterocycles. The van der Waals surface area contributed by atoms with Gasteiger partial charge in [-0.05, 0) is 65.8 Å². The van der Waals surface area contributed by atoms with Crippen molar-refractivity contribution in [2.24, 2.45) is 11.3 Å². The van der Waals surface area contributed by atoms with Crippen LogP contribution < -0.4 is 9.47 Å². The molecule has 1 aliphatic rings. The van der Waals surface area contributed by atoms with Gasteiger partial charge in [0.25, 0.3) is 0 Å². The molecule has 0 radical (unpaired) electrons. The maximum absolute atomic E-state index is 14.9. The highest BCUT2D eigenvalue weighted by Gasteiger charge is 2.28. The van der Waals surface area contributed by atoms with Crippen molar-refractivity contribution in [2.45, 2.75) is 46.5 Å². The minimum atomic E-state index is -0.853. The van der Waals surface area contributed by atoms with E-state index in [1.807, 2.05) is 31.2 Å². The average molecular weight is 479 g/mol. The van der Waals surface area contributed by atoms with Crippen LogP contribution in [0.15, 0.2) is 72.3 Å². The highest BCUT2D eigenvalue weighted by atomic mass is 19.1. The molecule has 0 aromatic heterocycles. The van der Waals surface area contributed by atoms with Crippen molar-refractivity contribution >= 4 is 11.5 Å². The number of methoxy groups -OCH3 is 1. The normalized spacial score (nSPS) is 16.7. The second-order valence-electron chi connectivity index (χ2n) is 10.2. The molecule has 0 amide bonds. The summed E-state index contributed by atoms with van der Waals surface area (Å²) in [5.74, 6) is 0.0365. The number of allylic oxidation sites excluding steroid dienone is 4. The molecule has 1 N–H and O–H groups in total.